The maximum atomic E-state index is 11.8. The number of aryl methyl sites for hydroxylation is 1. The molecule has 0 aliphatic carbocycles. The molecule has 1 aromatic heterocycles. The number of aromatic nitrogens is 1. The van der Waals surface area contributed by atoms with E-state index in [4.69, 9.17) is 0 Å². The zero-order chi connectivity index (χ0) is 15.9. The maximum absolute atomic E-state index is 11.8. The summed E-state index contributed by atoms with van der Waals surface area (Å²) in [4.78, 5) is 30.8. The predicted octanol–water partition coefficient (Wildman–Crippen LogP) is 0.676. The van der Waals surface area contributed by atoms with Crippen LogP contribution in [0, 0.1) is 6.92 Å². The zero-order valence-electron chi connectivity index (χ0n) is 13.1. The monoisotopic (exact) mass is 305 g/mol. The van der Waals surface area contributed by atoms with E-state index in [0.717, 1.165) is 24.3 Å². The smallest absolute Gasteiger partial charge is 0.320 e. The van der Waals surface area contributed by atoms with Crippen molar-refractivity contribution in [3.8, 4) is 0 Å². The molecule has 0 bridgehead atoms. The minimum atomic E-state index is -0.114. The van der Waals surface area contributed by atoms with Crippen LogP contribution in [0.5, 0.6) is 0 Å². The molecule has 2 rings (SSSR count). The van der Waals surface area contributed by atoms with Crippen molar-refractivity contribution in [2.45, 2.75) is 13.3 Å². The molecular weight excluding hydrogens is 282 g/mol. The van der Waals surface area contributed by atoms with E-state index in [2.05, 4.69) is 15.6 Å². The lowest BCUT2D eigenvalue weighted by Gasteiger charge is -2.15. The van der Waals surface area contributed by atoms with Crippen LogP contribution in [-0.2, 0) is 4.79 Å². The highest BCUT2D eigenvalue weighted by atomic mass is 16.2. The molecule has 1 aromatic rings. The first-order valence-electron chi connectivity index (χ1n) is 7.49. The molecule has 7 nitrogen and oxygen atoms in total. The Kier molecular flexibility index (Phi) is 5.57. The van der Waals surface area contributed by atoms with Gasteiger partial charge in [-0.2, -0.15) is 0 Å². The van der Waals surface area contributed by atoms with Gasteiger partial charge in [-0.05, 0) is 25.0 Å². The summed E-state index contributed by atoms with van der Waals surface area (Å²) < 4.78 is 0. The topological polar surface area (TPSA) is 77.6 Å². The molecule has 0 radical (unpaired) electrons. The SMILES string of the molecule is Cc1ccc(NCCCNC(=O)CN2CCN(C)C2=O)nc1. The number of nitrogens with one attached hydrogen (secondary N) is 2. The molecule has 0 saturated carbocycles. The van der Waals surface area contributed by atoms with E-state index in [9.17, 15) is 9.59 Å². The molecular formula is C15H23N5O2. The van der Waals surface area contributed by atoms with Crippen LogP contribution in [0.4, 0.5) is 10.6 Å². The van der Waals surface area contributed by atoms with Crippen LogP contribution < -0.4 is 10.6 Å². The zero-order valence-corrected chi connectivity index (χ0v) is 13.1. The summed E-state index contributed by atoms with van der Waals surface area (Å²) in [6.07, 6.45) is 2.61. The number of nitrogens with zero attached hydrogens (tertiary/aromatic N) is 3. The number of carbonyl (C=O) groups is 2. The summed E-state index contributed by atoms with van der Waals surface area (Å²) in [5.74, 6) is 0.722. The van der Waals surface area contributed by atoms with E-state index in [1.54, 1.807) is 16.8 Å². The average Bonchev–Trinajstić information content (AvgIpc) is 2.81. The Morgan fingerprint density at radius 2 is 2.14 bits per heavy atom. The standard InChI is InChI=1S/C15H23N5O2/c1-12-4-5-13(18-10-12)16-6-3-7-17-14(21)11-20-9-8-19(2)15(20)22/h4-5,10H,3,6-9,11H2,1-2H3,(H,16,18)(H,17,21). The summed E-state index contributed by atoms with van der Waals surface area (Å²) >= 11 is 0. The number of rotatable bonds is 7. The Hall–Kier alpha value is -2.31. The van der Waals surface area contributed by atoms with Gasteiger partial charge in [-0.1, -0.05) is 6.07 Å². The molecule has 3 amide bonds. The van der Waals surface area contributed by atoms with Crippen molar-refractivity contribution in [1.29, 1.82) is 0 Å². The number of hydrogen-bond donors (Lipinski definition) is 2. The third kappa shape index (κ3) is 4.61. The molecule has 120 valence electrons. The fraction of sp³-hybridized carbons (Fsp3) is 0.533. The first-order chi connectivity index (χ1) is 10.6. The van der Waals surface area contributed by atoms with Crippen LogP contribution in [0.1, 0.15) is 12.0 Å². The highest BCUT2D eigenvalue weighted by Gasteiger charge is 2.26. The van der Waals surface area contributed by atoms with Crippen LogP contribution in [-0.4, -0.2) is 66.5 Å². The molecule has 1 aliphatic rings. The van der Waals surface area contributed by atoms with Gasteiger partial charge in [0.2, 0.25) is 5.91 Å². The number of hydrogen-bond acceptors (Lipinski definition) is 4. The number of carbonyl (C=O) groups excluding carboxylic acids is 2. The minimum absolute atomic E-state index is 0.0812. The van der Waals surface area contributed by atoms with Crippen molar-refractivity contribution in [2.24, 2.45) is 0 Å². The van der Waals surface area contributed by atoms with Gasteiger partial charge in [0.1, 0.15) is 12.4 Å². The van der Waals surface area contributed by atoms with E-state index in [1.807, 2.05) is 25.3 Å². The summed E-state index contributed by atoms with van der Waals surface area (Å²) in [5.41, 5.74) is 1.12. The van der Waals surface area contributed by atoms with E-state index in [1.165, 1.54) is 0 Å². The molecule has 1 saturated heterocycles. The summed E-state index contributed by atoms with van der Waals surface area (Å²) in [6, 6.07) is 3.85. The fourth-order valence-corrected chi connectivity index (χ4v) is 2.18. The van der Waals surface area contributed by atoms with Gasteiger partial charge in [0.15, 0.2) is 0 Å². The van der Waals surface area contributed by atoms with Crippen LogP contribution >= 0.6 is 0 Å². The lowest BCUT2D eigenvalue weighted by atomic mass is 10.3. The first-order valence-corrected chi connectivity index (χ1v) is 7.49. The summed E-state index contributed by atoms with van der Waals surface area (Å²) in [5, 5.41) is 6.03. The molecule has 0 spiro atoms. The van der Waals surface area contributed by atoms with Crippen molar-refractivity contribution in [3.63, 3.8) is 0 Å². The van der Waals surface area contributed by atoms with Crippen LogP contribution in [0.25, 0.3) is 0 Å². The number of anilines is 1. The molecule has 2 N–H and O–H groups in total. The highest BCUT2D eigenvalue weighted by molar-refractivity contribution is 5.84. The second-order valence-corrected chi connectivity index (χ2v) is 5.48. The normalized spacial score (nSPS) is 14.4. The molecule has 1 aliphatic heterocycles. The van der Waals surface area contributed by atoms with Gasteiger partial charge in [-0.3, -0.25) is 4.79 Å². The second kappa shape index (κ2) is 7.63. The number of pyridine rings is 1. The molecule has 0 aromatic carbocycles. The van der Waals surface area contributed by atoms with Crippen molar-refractivity contribution < 1.29 is 9.59 Å². The van der Waals surface area contributed by atoms with Crippen LogP contribution in [0.2, 0.25) is 0 Å². The van der Waals surface area contributed by atoms with E-state index >= 15 is 0 Å². The third-order valence-electron chi connectivity index (χ3n) is 3.53. The highest BCUT2D eigenvalue weighted by Crippen LogP contribution is 2.05. The largest absolute Gasteiger partial charge is 0.370 e. The number of likely N-dealkylation sites (N-methyl/N-ethyl adjacent to an activating group) is 1. The van der Waals surface area contributed by atoms with Gasteiger partial charge < -0.3 is 20.4 Å². The molecule has 22 heavy (non-hydrogen) atoms. The molecule has 0 atom stereocenters. The van der Waals surface area contributed by atoms with Crippen LogP contribution in [0.15, 0.2) is 18.3 Å². The molecule has 0 unspecified atom stereocenters. The third-order valence-corrected chi connectivity index (χ3v) is 3.53. The summed E-state index contributed by atoms with van der Waals surface area (Å²) in [6.45, 7) is 4.74. The Bertz CT molecular complexity index is 517. The minimum Gasteiger partial charge on any atom is -0.370 e. The number of amides is 3. The average molecular weight is 305 g/mol. The Morgan fingerprint density at radius 3 is 2.77 bits per heavy atom. The Labute approximate surface area is 130 Å². The van der Waals surface area contributed by atoms with Crippen molar-refractivity contribution in [2.75, 3.05) is 45.1 Å². The van der Waals surface area contributed by atoms with Gasteiger partial charge >= 0.3 is 6.03 Å². The van der Waals surface area contributed by atoms with Crippen molar-refractivity contribution >= 4 is 17.8 Å². The summed E-state index contributed by atoms with van der Waals surface area (Å²) in [7, 11) is 1.74. The molecule has 2 heterocycles. The molecule has 1 fully saturated rings. The lowest BCUT2D eigenvalue weighted by molar-refractivity contribution is -0.121. The fourth-order valence-electron chi connectivity index (χ4n) is 2.18. The number of urea groups is 1. The van der Waals surface area contributed by atoms with Gasteiger partial charge in [0.25, 0.3) is 0 Å². The van der Waals surface area contributed by atoms with Gasteiger partial charge in [0, 0.05) is 39.4 Å². The predicted molar refractivity (Wildman–Crippen MR) is 84.7 cm³/mol. The van der Waals surface area contributed by atoms with Crippen molar-refractivity contribution in [1.82, 2.24) is 20.1 Å². The first kappa shape index (κ1) is 16.1. The van der Waals surface area contributed by atoms with Gasteiger partial charge in [-0.15, -0.1) is 0 Å². The van der Waals surface area contributed by atoms with Crippen LogP contribution in [0.3, 0.4) is 0 Å². The van der Waals surface area contributed by atoms with E-state index in [-0.39, 0.29) is 18.5 Å². The van der Waals surface area contributed by atoms with E-state index in [0.29, 0.717) is 19.6 Å². The quantitative estimate of drug-likeness (QED) is 0.726. The van der Waals surface area contributed by atoms with Crippen molar-refractivity contribution in [3.05, 3.63) is 23.9 Å². The Balaban J connectivity index is 1.57. The second-order valence-electron chi connectivity index (χ2n) is 5.48. The van der Waals surface area contributed by atoms with Gasteiger partial charge in [0.05, 0.1) is 0 Å². The lowest BCUT2D eigenvalue weighted by Crippen LogP contribution is -2.39. The van der Waals surface area contributed by atoms with E-state index < -0.39 is 0 Å². The van der Waals surface area contributed by atoms with Gasteiger partial charge in [-0.25, -0.2) is 9.78 Å². The Morgan fingerprint density at radius 1 is 1.32 bits per heavy atom. The maximum Gasteiger partial charge on any atom is 0.320 e. The molecule has 7 heteroatoms.